The Morgan fingerprint density at radius 2 is 1.83 bits per heavy atom. The number of aryl methyl sites for hydroxylation is 1. The maximum atomic E-state index is 12.4. The molecule has 0 aliphatic rings. The van der Waals surface area contributed by atoms with Gasteiger partial charge in [-0.05, 0) is 42.8 Å². The third-order valence-electron chi connectivity index (χ3n) is 3.79. The summed E-state index contributed by atoms with van der Waals surface area (Å²) in [4.78, 5) is 12.7. The van der Waals surface area contributed by atoms with Gasteiger partial charge in [0.2, 0.25) is 5.95 Å². The summed E-state index contributed by atoms with van der Waals surface area (Å²) in [6.45, 7) is 1.83. The van der Waals surface area contributed by atoms with E-state index in [1.807, 2.05) is 0 Å². The number of ether oxygens (including phenoxy) is 1. The predicted molar refractivity (Wildman–Crippen MR) is 102 cm³/mol. The van der Waals surface area contributed by atoms with Crippen LogP contribution >= 0.6 is 0 Å². The number of aromatic nitrogens is 3. The molecule has 152 valence electrons. The quantitative estimate of drug-likeness (QED) is 0.549. The van der Waals surface area contributed by atoms with Crippen LogP contribution in [0.15, 0.2) is 48.8 Å². The third-order valence-corrected chi connectivity index (χ3v) is 3.79. The molecule has 0 bridgehead atoms. The summed E-state index contributed by atoms with van der Waals surface area (Å²) in [5, 5.41) is 15.0. The normalized spacial score (nSPS) is 11.2. The average molecular weight is 405 g/mol. The summed E-state index contributed by atoms with van der Waals surface area (Å²) >= 11 is 0. The van der Waals surface area contributed by atoms with Crippen molar-refractivity contribution in [2.75, 3.05) is 23.8 Å². The van der Waals surface area contributed by atoms with Crippen molar-refractivity contribution in [3.8, 4) is 17.0 Å². The van der Waals surface area contributed by atoms with Gasteiger partial charge < -0.3 is 20.5 Å². The van der Waals surface area contributed by atoms with Crippen LogP contribution in [0.25, 0.3) is 11.3 Å². The Morgan fingerprint density at radius 1 is 1.07 bits per heavy atom. The smallest absolute Gasteiger partial charge is 0.406 e. The zero-order chi connectivity index (χ0) is 20.9. The number of nitrogens with zero attached hydrogens (tertiary/aromatic N) is 3. The van der Waals surface area contributed by atoms with Crippen molar-refractivity contribution in [1.82, 2.24) is 15.0 Å². The SMILES string of the molecule is Cc1cc(OC(F)(F)F)ccc1Nc1cc(-c2ccncc2)nc(NCCO)n1. The van der Waals surface area contributed by atoms with E-state index >= 15 is 0 Å². The molecule has 0 fully saturated rings. The molecule has 0 unspecified atom stereocenters. The largest absolute Gasteiger partial charge is 0.573 e. The second kappa shape index (κ2) is 8.74. The number of aliphatic hydroxyl groups is 1. The third kappa shape index (κ3) is 5.79. The molecular weight excluding hydrogens is 387 g/mol. The van der Waals surface area contributed by atoms with Crippen molar-refractivity contribution in [2.24, 2.45) is 0 Å². The Bertz CT molecular complexity index is 968. The van der Waals surface area contributed by atoms with Gasteiger partial charge in [0, 0.05) is 36.3 Å². The van der Waals surface area contributed by atoms with Gasteiger partial charge in [-0.15, -0.1) is 13.2 Å². The van der Waals surface area contributed by atoms with E-state index in [0.717, 1.165) is 5.56 Å². The molecule has 0 atom stereocenters. The van der Waals surface area contributed by atoms with Gasteiger partial charge in [-0.3, -0.25) is 4.98 Å². The van der Waals surface area contributed by atoms with Gasteiger partial charge in [-0.2, -0.15) is 4.98 Å². The Kier molecular flexibility index (Phi) is 6.13. The van der Waals surface area contributed by atoms with E-state index in [0.29, 0.717) is 28.7 Å². The highest BCUT2D eigenvalue weighted by atomic mass is 19.4. The lowest BCUT2D eigenvalue weighted by atomic mass is 10.1. The molecule has 0 amide bonds. The van der Waals surface area contributed by atoms with E-state index < -0.39 is 6.36 Å². The van der Waals surface area contributed by atoms with Crippen molar-refractivity contribution >= 4 is 17.5 Å². The minimum Gasteiger partial charge on any atom is -0.406 e. The fourth-order valence-corrected chi connectivity index (χ4v) is 2.54. The number of nitrogens with one attached hydrogen (secondary N) is 2. The number of hydrogen-bond donors (Lipinski definition) is 3. The molecule has 7 nitrogen and oxygen atoms in total. The van der Waals surface area contributed by atoms with Gasteiger partial charge in [0.15, 0.2) is 0 Å². The molecule has 3 aromatic rings. The van der Waals surface area contributed by atoms with E-state index in [2.05, 4.69) is 30.3 Å². The first kappa shape index (κ1) is 20.3. The number of halogens is 3. The van der Waals surface area contributed by atoms with Gasteiger partial charge in [0.05, 0.1) is 12.3 Å². The highest BCUT2D eigenvalue weighted by molar-refractivity contribution is 5.68. The second-order valence-electron chi connectivity index (χ2n) is 6.00. The first-order valence-corrected chi connectivity index (χ1v) is 8.62. The first-order chi connectivity index (χ1) is 13.8. The number of hydrogen-bond acceptors (Lipinski definition) is 7. The molecule has 29 heavy (non-hydrogen) atoms. The number of alkyl halides is 3. The molecule has 0 spiro atoms. The van der Waals surface area contributed by atoms with E-state index in [1.54, 1.807) is 37.5 Å². The number of anilines is 3. The maximum Gasteiger partial charge on any atom is 0.573 e. The predicted octanol–water partition coefficient (Wildman–Crippen LogP) is 3.89. The summed E-state index contributed by atoms with van der Waals surface area (Å²) in [5.41, 5.74) is 2.52. The highest BCUT2D eigenvalue weighted by Gasteiger charge is 2.31. The second-order valence-corrected chi connectivity index (χ2v) is 6.00. The maximum absolute atomic E-state index is 12.4. The molecule has 0 saturated heterocycles. The number of benzene rings is 1. The number of aliphatic hydroxyl groups excluding tert-OH is 1. The topological polar surface area (TPSA) is 92.2 Å². The van der Waals surface area contributed by atoms with Crippen LogP contribution in [0.4, 0.5) is 30.6 Å². The number of pyridine rings is 1. The van der Waals surface area contributed by atoms with E-state index in [1.165, 1.54) is 18.2 Å². The molecule has 0 radical (unpaired) electrons. The lowest BCUT2D eigenvalue weighted by molar-refractivity contribution is -0.274. The zero-order valence-corrected chi connectivity index (χ0v) is 15.4. The summed E-state index contributed by atoms with van der Waals surface area (Å²) in [5.74, 6) is 0.427. The minimum absolute atomic E-state index is 0.0919. The van der Waals surface area contributed by atoms with Crippen LogP contribution < -0.4 is 15.4 Å². The van der Waals surface area contributed by atoms with Crippen molar-refractivity contribution in [3.63, 3.8) is 0 Å². The molecule has 0 aliphatic carbocycles. The fraction of sp³-hybridized carbons (Fsp3) is 0.211. The minimum atomic E-state index is -4.75. The Morgan fingerprint density at radius 3 is 2.48 bits per heavy atom. The van der Waals surface area contributed by atoms with E-state index in [-0.39, 0.29) is 18.9 Å². The van der Waals surface area contributed by atoms with Crippen molar-refractivity contribution in [3.05, 3.63) is 54.4 Å². The van der Waals surface area contributed by atoms with Crippen molar-refractivity contribution in [1.29, 1.82) is 0 Å². The van der Waals surface area contributed by atoms with Gasteiger partial charge in [-0.1, -0.05) is 0 Å². The van der Waals surface area contributed by atoms with Gasteiger partial charge in [0.25, 0.3) is 0 Å². The van der Waals surface area contributed by atoms with Crippen LogP contribution in [0.3, 0.4) is 0 Å². The van der Waals surface area contributed by atoms with Crippen LogP contribution in [-0.2, 0) is 0 Å². The summed E-state index contributed by atoms with van der Waals surface area (Å²) in [7, 11) is 0. The van der Waals surface area contributed by atoms with Crippen LogP contribution in [0.2, 0.25) is 0 Å². The Hall–Kier alpha value is -3.40. The molecule has 1 aromatic carbocycles. The number of rotatable bonds is 7. The molecule has 3 N–H and O–H groups in total. The van der Waals surface area contributed by atoms with Crippen LogP contribution in [0.1, 0.15) is 5.56 Å². The van der Waals surface area contributed by atoms with E-state index in [4.69, 9.17) is 5.11 Å². The molecular formula is C19H18F3N5O2. The van der Waals surface area contributed by atoms with Crippen LogP contribution in [0.5, 0.6) is 5.75 Å². The van der Waals surface area contributed by atoms with Gasteiger partial charge in [-0.25, -0.2) is 4.98 Å². The summed E-state index contributed by atoms with van der Waals surface area (Å²) in [6.07, 6.45) is -1.48. The van der Waals surface area contributed by atoms with Gasteiger partial charge >= 0.3 is 6.36 Å². The molecule has 0 aliphatic heterocycles. The zero-order valence-electron chi connectivity index (χ0n) is 15.4. The lowest BCUT2D eigenvalue weighted by Gasteiger charge is -2.14. The molecule has 10 heteroatoms. The summed E-state index contributed by atoms with van der Waals surface area (Å²) < 4.78 is 41.1. The van der Waals surface area contributed by atoms with Crippen molar-refractivity contribution in [2.45, 2.75) is 13.3 Å². The molecule has 3 rings (SSSR count). The van der Waals surface area contributed by atoms with Crippen LogP contribution in [0, 0.1) is 6.92 Å². The standard InChI is InChI=1S/C19H18F3N5O2/c1-12-10-14(29-19(20,21)22)2-3-15(12)25-17-11-16(13-4-6-23-7-5-13)26-18(27-17)24-8-9-28/h2-7,10-11,28H,8-9H2,1H3,(H2,24,25,26,27). The fourth-order valence-electron chi connectivity index (χ4n) is 2.54. The molecule has 0 saturated carbocycles. The van der Waals surface area contributed by atoms with Crippen LogP contribution in [-0.4, -0.2) is 39.6 Å². The molecule has 2 aromatic heterocycles. The van der Waals surface area contributed by atoms with Crippen molar-refractivity contribution < 1.29 is 23.0 Å². The highest BCUT2D eigenvalue weighted by Crippen LogP contribution is 2.29. The molecule has 2 heterocycles. The summed E-state index contributed by atoms with van der Waals surface area (Å²) in [6, 6.07) is 9.27. The average Bonchev–Trinajstić information content (AvgIpc) is 2.68. The van der Waals surface area contributed by atoms with Gasteiger partial charge in [0.1, 0.15) is 11.6 Å². The Labute approximate surface area is 164 Å². The first-order valence-electron chi connectivity index (χ1n) is 8.62. The monoisotopic (exact) mass is 405 g/mol. The lowest BCUT2D eigenvalue weighted by Crippen LogP contribution is -2.17. The Balaban J connectivity index is 1.89. The van der Waals surface area contributed by atoms with E-state index in [9.17, 15) is 13.2 Å².